The van der Waals surface area contributed by atoms with Gasteiger partial charge in [0, 0.05) is 6.20 Å². The number of carbonyl (C=O) groups is 2. The molecular formula is C31H33N3O6. The van der Waals surface area contributed by atoms with Crippen LogP contribution in [-0.2, 0) is 16.1 Å². The third-order valence-electron chi connectivity index (χ3n) is 7.21. The third kappa shape index (κ3) is 4.83. The molecule has 0 bridgehead atoms. The summed E-state index contributed by atoms with van der Waals surface area (Å²) >= 11 is 0. The number of aliphatic hydroxyl groups excluding tert-OH is 1. The Morgan fingerprint density at radius 2 is 1.93 bits per heavy atom. The lowest BCUT2D eigenvalue weighted by Crippen LogP contribution is -2.29. The summed E-state index contributed by atoms with van der Waals surface area (Å²) in [7, 11) is 1.54. The lowest BCUT2D eigenvalue weighted by atomic mass is 9.96. The van der Waals surface area contributed by atoms with Crippen molar-refractivity contribution >= 4 is 23.1 Å². The number of Topliss-reactive ketones (excluding diaryl/α,β-unsaturated/α-hetero) is 1. The molecule has 0 radical (unpaired) electrons. The number of ether oxygens (including phenoxy) is 2. The number of hydrogen-bond acceptors (Lipinski definition) is 7. The summed E-state index contributed by atoms with van der Waals surface area (Å²) in [5.41, 5.74) is 3.01. The van der Waals surface area contributed by atoms with Crippen molar-refractivity contribution in [1.29, 1.82) is 0 Å². The molecule has 40 heavy (non-hydrogen) atoms. The SMILES string of the molecule is COc1cc(C2C(=C(O)c3nc4c(C)cccn4c3C)C(=O)C(=O)N2Cc2ccco2)ccc1OCCC(C)C. The monoisotopic (exact) mass is 543 g/mol. The highest BCUT2D eigenvalue weighted by Gasteiger charge is 2.47. The molecule has 1 saturated heterocycles. The minimum Gasteiger partial charge on any atom is -0.505 e. The summed E-state index contributed by atoms with van der Waals surface area (Å²) < 4.78 is 18.9. The molecular weight excluding hydrogens is 510 g/mol. The number of pyridine rings is 1. The Kier molecular flexibility index (Phi) is 7.38. The molecule has 4 aromatic rings. The molecule has 1 aromatic carbocycles. The number of rotatable bonds is 9. The highest BCUT2D eigenvalue weighted by molar-refractivity contribution is 6.46. The van der Waals surface area contributed by atoms with Gasteiger partial charge in [0.05, 0.1) is 43.8 Å². The second kappa shape index (κ2) is 10.9. The molecule has 1 amide bonds. The van der Waals surface area contributed by atoms with Crippen molar-refractivity contribution in [3.63, 3.8) is 0 Å². The Morgan fingerprint density at radius 1 is 1.12 bits per heavy atom. The topological polar surface area (TPSA) is 107 Å². The molecule has 0 spiro atoms. The van der Waals surface area contributed by atoms with Gasteiger partial charge in [-0.1, -0.05) is 26.0 Å². The van der Waals surface area contributed by atoms with E-state index in [9.17, 15) is 14.7 Å². The van der Waals surface area contributed by atoms with Crippen molar-refractivity contribution in [2.24, 2.45) is 5.92 Å². The quantitative estimate of drug-likeness (QED) is 0.166. The van der Waals surface area contributed by atoms with E-state index in [-0.39, 0.29) is 23.6 Å². The lowest BCUT2D eigenvalue weighted by molar-refractivity contribution is -0.140. The smallest absolute Gasteiger partial charge is 0.296 e. The Balaban J connectivity index is 1.64. The lowest BCUT2D eigenvalue weighted by Gasteiger charge is -2.25. The molecule has 5 rings (SSSR count). The van der Waals surface area contributed by atoms with Crippen LogP contribution in [0.3, 0.4) is 0 Å². The number of nitrogens with zero attached hydrogens (tertiary/aromatic N) is 3. The van der Waals surface area contributed by atoms with Crippen LogP contribution < -0.4 is 9.47 Å². The van der Waals surface area contributed by atoms with Gasteiger partial charge >= 0.3 is 0 Å². The molecule has 1 N–H and O–H groups in total. The first-order valence-corrected chi connectivity index (χ1v) is 13.3. The van der Waals surface area contributed by atoms with Crippen LogP contribution in [0.2, 0.25) is 0 Å². The van der Waals surface area contributed by atoms with E-state index in [2.05, 4.69) is 18.8 Å². The van der Waals surface area contributed by atoms with E-state index in [1.54, 1.807) is 30.3 Å². The Labute approximate surface area is 232 Å². The zero-order valence-electron chi connectivity index (χ0n) is 23.3. The minimum absolute atomic E-state index is 0.0389. The summed E-state index contributed by atoms with van der Waals surface area (Å²) in [6, 6.07) is 11.6. The summed E-state index contributed by atoms with van der Waals surface area (Å²) in [6.45, 7) is 8.55. The van der Waals surface area contributed by atoms with Gasteiger partial charge in [0.15, 0.2) is 17.3 Å². The van der Waals surface area contributed by atoms with Gasteiger partial charge in [-0.25, -0.2) is 4.98 Å². The van der Waals surface area contributed by atoms with Crippen molar-refractivity contribution in [1.82, 2.24) is 14.3 Å². The Morgan fingerprint density at radius 3 is 2.60 bits per heavy atom. The largest absolute Gasteiger partial charge is 0.505 e. The molecule has 1 fully saturated rings. The first kappa shape index (κ1) is 27.1. The van der Waals surface area contributed by atoms with Crippen molar-refractivity contribution in [2.75, 3.05) is 13.7 Å². The van der Waals surface area contributed by atoms with Crippen molar-refractivity contribution in [3.05, 3.63) is 88.8 Å². The fraction of sp³-hybridized carbons (Fsp3) is 0.323. The number of amides is 1. The van der Waals surface area contributed by atoms with Gasteiger partial charge in [-0.05, 0) is 67.6 Å². The fourth-order valence-corrected chi connectivity index (χ4v) is 5.01. The summed E-state index contributed by atoms with van der Waals surface area (Å²) in [5.74, 6) is 0.147. The van der Waals surface area contributed by atoms with Gasteiger partial charge in [-0.15, -0.1) is 0 Å². The number of carbonyl (C=O) groups excluding carboxylic acids is 2. The third-order valence-corrected chi connectivity index (χ3v) is 7.21. The summed E-state index contributed by atoms with van der Waals surface area (Å²) in [4.78, 5) is 33.0. The molecule has 0 saturated carbocycles. The molecule has 1 unspecified atom stereocenters. The number of aromatic nitrogens is 2. The van der Waals surface area contributed by atoms with E-state index >= 15 is 0 Å². The number of methoxy groups -OCH3 is 1. The maximum absolute atomic E-state index is 13.5. The maximum atomic E-state index is 13.5. The molecule has 9 nitrogen and oxygen atoms in total. The Bertz CT molecular complexity index is 1600. The van der Waals surface area contributed by atoms with E-state index in [1.807, 2.05) is 36.6 Å². The molecule has 1 aliphatic rings. The predicted molar refractivity (Wildman–Crippen MR) is 149 cm³/mol. The van der Waals surface area contributed by atoms with E-state index < -0.39 is 17.7 Å². The van der Waals surface area contributed by atoms with Crippen LogP contribution in [0.15, 0.2) is 64.9 Å². The average molecular weight is 544 g/mol. The number of ketones is 1. The summed E-state index contributed by atoms with van der Waals surface area (Å²) in [5, 5.41) is 11.6. The van der Waals surface area contributed by atoms with Crippen LogP contribution in [0.25, 0.3) is 11.4 Å². The van der Waals surface area contributed by atoms with E-state index in [4.69, 9.17) is 13.9 Å². The van der Waals surface area contributed by atoms with E-state index in [0.29, 0.717) is 46.7 Å². The number of furan rings is 1. The van der Waals surface area contributed by atoms with Crippen molar-refractivity contribution in [2.45, 2.75) is 46.7 Å². The molecule has 4 heterocycles. The molecule has 208 valence electrons. The van der Waals surface area contributed by atoms with Crippen LogP contribution in [0, 0.1) is 19.8 Å². The number of hydrogen-bond donors (Lipinski definition) is 1. The van der Waals surface area contributed by atoms with Gasteiger partial charge in [0.25, 0.3) is 11.7 Å². The first-order valence-electron chi connectivity index (χ1n) is 13.3. The highest BCUT2D eigenvalue weighted by Crippen LogP contribution is 2.43. The number of benzene rings is 1. The van der Waals surface area contributed by atoms with Gasteiger partial charge in [0.1, 0.15) is 17.1 Å². The van der Waals surface area contributed by atoms with E-state index in [0.717, 1.165) is 12.0 Å². The van der Waals surface area contributed by atoms with Crippen LogP contribution in [0.4, 0.5) is 0 Å². The van der Waals surface area contributed by atoms with Crippen LogP contribution in [0.5, 0.6) is 11.5 Å². The molecule has 9 heteroatoms. The second-order valence-electron chi connectivity index (χ2n) is 10.4. The molecule has 1 atom stereocenters. The molecule has 1 aliphatic heterocycles. The van der Waals surface area contributed by atoms with Gasteiger partial charge in [-0.2, -0.15) is 0 Å². The fourth-order valence-electron chi connectivity index (χ4n) is 5.01. The zero-order chi connectivity index (χ0) is 28.6. The first-order chi connectivity index (χ1) is 19.2. The van der Waals surface area contributed by atoms with Crippen molar-refractivity contribution in [3.8, 4) is 11.5 Å². The number of imidazole rings is 1. The normalized spacial score (nSPS) is 16.9. The van der Waals surface area contributed by atoms with Crippen LogP contribution in [0.1, 0.15) is 54.6 Å². The number of fused-ring (bicyclic) bond motifs is 1. The van der Waals surface area contributed by atoms with Crippen molar-refractivity contribution < 1.29 is 28.6 Å². The standard InChI is InChI=1S/C31H33N3O6/c1-18(2)12-15-40-23-11-10-21(16-24(23)38-5)27-25(29(36)31(37)34(27)17-22-9-7-14-39-22)28(35)26-20(4)33-13-6-8-19(3)30(33)32-26/h6-11,13-14,16,18,27,35H,12,15,17H2,1-5H3. The highest BCUT2D eigenvalue weighted by atomic mass is 16.5. The zero-order valence-corrected chi connectivity index (χ0v) is 23.3. The van der Waals surface area contributed by atoms with E-state index in [1.165, 1.54) is 18.3 Å². The second-order valence-corrected chi connectivity index (χ2v) is 10.4. The molecule has 3 aromatic heterocycles. The van der Waals surface area contributed by atoms with Gasteiger partial charge in [0.2, 0.25) is 0 Å². The molecule has 0 aliphatic carbocycles. The minimum atomic E-state index is -0.908. The van der Waals surface area contributed by atoms with Crippen LogP contribution >= 0.6 is 0 Å². The van der Waals surface area contributed by atoms with Gasteiger partial charge in [-0.3, -0.25) is 9.59 Å². The van der Waals surface area contributed by atoms with Crippen LogP contribution in [-0.4, -0.2) is 44.8 Å². The number of aliphatic hydroxyl groups is 1. The average Bonchev–Trinajstić information content (AvgIpc) is 3.63. The number of likely N-dealkylation sites (tertiary alicyclic amines) is 1. The van der Waals surface area contributed by atoms with Gasteiger partial charge < -0.3 is 28.3 Å². The number of aryl methyl sites for hydroxylation is 2. The predicted octanol–water partition coefficient (Wildman–Crippen LogP) is 5.60. The summed E-state index contributed by atoms with van der Waals surface area (Å²) in [6.07, 6.45) is 4.24. The Hall–Kier alpha value is -4.53. The maximum Gasteiger partial charge on any atom is 0.296 e.